The summed E-state index contributed by atoms with van der Waals surface area (Å²) in [4.78, 5) is 25.1. The largest absolute Gasteiger partial charge is 0.464 e. The van der Waals surface area contributed by atoms with Crippen LogP contribution in [0.25, 0.3) is 0 Å². The third kappa shape index (κ3) is 21.8. The van der Waals surface area contributed by atoms with Crippen molar-refractivity contribution < 1.29 is 19.4 Å². The second-order valence-electron chi connectivity index (χ2n) is 8.95. The predicted octanol–water partition coefficient (Wildman–Crippen LogP) is 5.70. The van der Waals surface area contributed by atoms with Gasteiger partial charge >= 0.3 is 5.97 Å². The molecule has 0 aliphatic carbocycles. The van der Waals surface area contributed by atoms with E-state index in [-0.39, 0.29) is 18.5 Å². The fourth-order valence-corrected chi connectivity index (χ4v) is 3.35. The highest BCUT2D eigenvalue weighted by Gasteiger charge is 2.06. The summed E-state index contributed by atoms with van der Waals surface area (Å²) < 4.78 is 5.21. The van der Waals surface area contributed by atoms with Crippen LogP contribution in [-0.2, 0) is 14.3 Å². The number of carbonyl (C=O) groups excluding carboxylic acids is 2. The number of hydrogen-bond donors (Lipinski definition) is 1. The molecule has 0 unspecified atom stereocenters. The molecule has 0 saturated heterocycles. The number of aliphatic hydroxyl groups is 1. The summed E-state index contributed by atoms with van der Waals surface area (Å²) in [6.45, 7) is 5.77. The topological polar surface area (TPSA) is 66.8 Å². The molecule has 0 aromatic heterocycles. The summed E-state index contributed by atoms with van der Waals surface area (Å²) >= 11 is 0. The van der Waals surface area contributed by atoms with Gasteiger partial charge in [0.05, 0.1) is 6.61 Å². The molecule has 5 nitrogen and oxygen atoms in total. The maximum Gasteiger partial charge on any atom is 0.305 e. The Morgan fingerprint density at radius 2 is 1.32 bits per heavy atom. The normalized spacial score (nSPS) is 11.7. The number of hydrogen-bond acceptors (Lipinski definition) is 5. The number of allylic oxidation sites excluding steroid dienone is 2. The Kier molecular flexibility index (Phi) is 21.2. The van der Waals surface area contributed by atoms with E-state index in [2.05, 4.69) is 12.2 Å². The highest BCUT2D eigenvalue weighted by Crippen LogP contribution is 2.11. The molecule has 0 spiro atoms. The number of aliphatic hydroxyl groups excluding tert-OH is 1. The fourth-order valence-electron chi connectivity index (χ4n) is 3.35. The van der Waals surface area contributed by atoms with Gasteiger partial charge in [0.25, 0.3) is 0 Å². The minimum atomic E-state index is -0.107. The first kappa shape index (κ1) is 29.8. The summed E-state index contributed by atoms with van der Waals surface area (Å²) in [5.41, 5.74) is 0. The first-order valence-electron chi connectivity index (χ1n) is 12.6. The van der Waals surface area contributed by atoms with Crippen LogP contribution < -0.4 is 0 Å². The average Bonchev–Trinajstić information content (AvgIpc) is 2.73. The van der Waals surface area contributed by atoms with E-state index in [1.807, 2.05) is 25.8 Å². The second-order valence-corrected chi connectivity index (χ2v) is 8.95. The van der Waals surface area contributed by atoms with E-state index in [0.29, 0.717) is 31.9 Å². The van der Waals surface area contributed by atoms with E-state index < -0.39 is 0 Å². The van der Waals surface area contributed by atoms with Crippen molar-refractivity contribution >= 4 is 11.8 Å². The van der Waals surface area contributed by atoms with E-state index in [1.54, 1.807) is 0 Å². The van der Waals surface area contributed by atoms with Crippen molar-refractivity contribution in [3.63, 3.8) is 0 Å². The number of Topliss-reactive ketones (excluding diaryl/α,β-unsaturated/α-hetero) is 1. The van der Waals surface area contributed by atoms with Crippen LogP contribution in [0.5, 0.6) is 0 Å². The van der Waals surface area contributed by atoms with Crippen LogP contribution in [-0.4, -0.2) is 55.1 Å². The van der Waals surface area contributed by atoms with Crippen molar-refractivity contribution in [2.45, 2.75) is 104 Å². The lowest BCUT2D eigenvalue weighted by molar-refractivity contribution is -0.144. The molecule has 5 heteroatoms. The molecule has 0 aliphatic heterocycles. The number of rotatable bonds is 22. The molecule has 0 aromatic rings. The Morgan fingerprint density at radius 3 is 1.87 bits per heavy atom. The number of ketones is 1. The lowest BCUT2D eigenvalue weighted by Gasteiger charge is -2.14. The van der Waals surface area contributed by atoms with E-state index in [9.17, 15) is 9.59 Å². The Hall–Kier alpha value is -1.20. The third-order valence-corrected chi connectivity index (χ3v) is 5.57. The summed E-state index contributed by atoms with van der Waals surface area (Å²) in [7, 11) is 1.90. The van der Waals surface area contributed by atoms with Crippen molar-refractivity contribution in [2.75, 3.05) is 33.4 Å². The molecule has 0 bridgehead atoms. The van der Waals surface area contributed by atoms with Gasteiger partial charge in [-0.1, -0.05) is 64.5 Å². The quantitative estimate of drug-likeness (QED) is 0.133. The van der Waals surface area contributed by atoms with Crippen LogP contribution in [0, 0.1) is 5.92 Å². The molecule has 0 saturated carbocycles. The maximum absolute atomic E-state index is 11.7. The van der Waals surface area contributed by atoms with Gasteiger partial charge in [0.2, 0.25) is 0 Å². The average molecular weight is 440 g/mol. The summed E-state index contributed by atoms with van der Waals surface area (Å²) in [6, 6.07) is 0. The van der Waals surface area contributed by atoms with Crippen molar-refractivity contribution in [2.24, 2.45) is 5.92 Å². The van der Waals surface area contributed by atoms with Crippen LogP contribution >= 0.6 is 0 Å². The molecule has 0 aliphatic rings. The molecule has 0 atom stereocenters. The third-order valence-electron chi connectivity index (χ3n) is 5.57. The number of carbonyl (C=O) groups is 2. The van der Waals surface area contributed by atoms with Gasteiger partial charge < -0.3 is 14.7 Å². The molecule has 182 valence electrons. The number of likely N-dealkylation sites (N-methyl/N-ethyl adjacent to an activating group) is 1. The van der Waals surface area contributed by atoms with Gasteiger partial charge in [-0.2, -0.15) is 0 Å². The molecule has 0 aromatic carbocycles. The number of esters is 1. The van der Waals surface area contributed by atoms with Crippen molar-refractivity contribution in [3.8, 4) is 0 Å². The predicted molar refractivity (Wildman–Crippen MR) is 129 cm³/mol. The van der Waals surface area contributed by atoms with Crippen molar-refractivity contribution in [3.05, 3.63) is 12.2 Å². The Labute approximate surface area is 191 Å². The fraction of sp³-hybridized carbons (Fsp3) is 0.846. The molecule has 0 rings (SSSR count). The second kappa shape index (κ2) is 22.0. The van der Waals surface area contributed by atoms with Gasteiger partial charge in [-0.3, -0.25) is 9.59 Å². The summed E-state index contributed by atoms with van der Waals surface area (Å²) in [5, 5.41) is 8.81. The van der Waals surface area contributed by atoms with Crippen molar-refractivity contribution in [1.82, 2.24) is 4.90 Å². The van der Waals surface area contributed by atoms with E-state index >= 15 is 0 Å². The van der Waals surface area contributed by atoms with E-state index in [4.69, 9.17) is 9.84 Å². The van der Waals surface area contributed by atoms with Gasteiger partial charge in [-0.15, -0.1) is 0 Å². The number of ether oxygens (including phenoxy) is 1. The molecule has 0 heterocycles. The van der Waals surface area contributed by atoms with Gasteiger partial charge in [0.15, 0.2) is 0 Å². The van der Waals surface area contributed by atoms with Crippen LogP contribution in [0.3, 0.4) is 0 Å². The van der Waals surface area contributed by atoms with Crippen LogP contribution in [0.2, 0.25) is 0 Å². The zero-order valence-electron chi connectivity index (χ0n) is 20.6. The molecule has 0 radical (unpaired) electrons. The number of nitrogens with zero attached hydrogens (tertiary/aromatic N) is 1. The molecular weight excluding hydrogens is 390 g/mol. The molecule has 31 heavy (non-hydrogen) atoms. The SMILES string of the molecule is CC(C)C(=O)CCCCCCC/C=C/CCCCCCCC(=O)OCCN(C)CCO. The zero-order valence-corrected chi connectivity index (χ0v) is 20.6. The van der Waals surface area contributed by atoms with Crippen LogP contribution in [0.1, 0.15) is 104 Å². The Morgan fingerprint density at radius 1 is 0.806 bits per heavy atom. The first-order valence-corrected chi connectivity index (χ1v) is 12.6. The van der Waals surface area contributed by atoms with E-state index in [0.717, 1.165) is 32.1 Å². The maximum atomic E-state index is 11.7. The van der Waals surface area contributed by atoms with Gasteiger partial charge in [0.1, 0.15) is 12.4 Å². The zero-order chi connectivity index (χ0) is 23.2. The smallest absolute Gasteiger partial charge is 0.305 e. The molecular formula is C26H49NO4. The highest BCUT2D eigenvalue weighted by atomic mass is 16.5. The highest BCUT2D eigenvalue weighted by molar-refractivity contribution is 5.80. The van der Waals surface area contributed by atoms with Gasteiger partial charge in [-0.05, 0) is 45.6 Å². The molecule has 1 N–H and O–H groups in total. The van der Waals surface area contributed by atoms with Crippen LogP contribution in [0.4, 0.5) is 0 Å². The number of unbranched alkanes of at least 4 members (excludes halogenated alkanes) is 10. The Bertz CT molecular complexity index is 462. The molecule has 0 fully saturated rings. The molecule has 0 amide bonds. The lowest BCUT2D eigenvalue weighted by atomic mass is 10.0. The summed E-state index contributed by atoms with van der Waals surface area (Å²) in [6.07, 6.45) is 19.8. The first-order chi connectivity index (χ1) is 15.0. The standard InChI is InChI=1S/C26H49NO4/c1-24(2)25(29)18-16-14-12-10-8-6-4-5-7-9-11-13-15-17-19-26(30)31-23-21-27(3)20-22-28/h4-5,24,28H,6-23H2,1-3H3/b5-4+. The van der Waals surface area contributed by atoms with Gasteiger partial charge in [-0.25, -0.2) is 0 Å². The monoisotopic (exact) mass is 439 g/mol. The lowest BCUT2D eigenvalue weighted by Crippen LogP contribution is -2.27. The van der Waals surface area contributed by atoms with E-state index in [1.165, 1.54) is 51.4 Å². The van der Waals surface area contributed by atoms with Gasteiger partial charge in [0, 0.05) is 31.8 Å². The Balaban J connectivity index is 3.30. The summed E-state index contributed by atoms with van der Waals surface area (Å²) in [5.74, 6) is 0.486. The minimum Gasteiger partial charge on any atom is -0.464 e. The minimum absolute atomic E-state index is 0.107. The van der Waals surface area contributed by atoms with Crippen LogP contribution in [0.15, 0.2) is 12.2 Å². The van der Waals surface area contributed by atoms with Crippen molar-refractivity contribution in [1.29, 1.82) is 0 Å².